The zero-order valence-electron chi connectivity index (χ0n) is 18.7. The second-order valence-electron chi connectivity index (χ2n) is 8.93. The largest absolute Gasteiger partial charge is 0.481 e. The lowest BCUT2D eigenvalue weighted by atomic mass is 9.89. The number of allylic oxidation sites excluding steroid dienone is 4. The van der Waals surface area contributed by atoms with E-state index in [2.05, 4.69) is 15.0 Å². The molecule has 0 atom stereocenters. The highest BCUT2D eigenvalue weighted by Crippen LogP contribution is 2.36. The molecule has 2 aromatic carbocycles. The summed E-state index contributed by atoms with van der Waals surface area (Å²) in [5, 5.41) is 13.1. The maximum atomic E-state index is 15.5. The van der Waals surface area contributed by atoms with Gasteiger partial charge in [0.15, 0.2) is 0 Å². The summed E-state index contributed by atoms with van der Waals surface area (Å²) in [5.41, 5.74) is 1.03. The van der Waals surface area contributed by atoms with Crippen LogP contribution in [0.4, 0.5) is 4.39 Å². The maximum Gasteiger partial charge on any atom is 0.306 e. The molecule has 1 fully saturated rings. The lowest BCUT2D eigenvalue weighted by molar-refractivity contribution is -0.143. The van der Waals surface area contributed by atoms with Gasteiger partial charge in [-0.25, -0.2) is 4.39 Å². The molecule has 7 heteroatoms. The number of halogens is 1. The van der Waals surface area contributed by atoms with Crippen molar-refractivity contribution in [2.45, 2.75) is 31.0 Å². The van der Waals surface area contributed by atoms with Gasteiger partial charge in [0.05, 0.1) is 5.92 Å². The number of hydrogen-bond donors (Lipinski definition) is 1. The van der Waals surface area contributed by atoms with Crippen molar-refractivity contribution < 1.29 is 18.8 Å². The monoisotopic (exact) mass is 459 g/mol. The van der Waals surface area contributed by atoms with Gasteiger partial charge in [0.2, 0.25) is 11.5 Å². The molecule has 1 saturated heterocycles. The van der Waals surface area contributed by atoms with Gasteiger partial charge >= 0.3 is 5.97 Å². The number of hydrogen-bond acceptors (Lipinski definition) is 5. The Hall–Kier alpha value is -3.58. The van der Waals surface area contributed by atoms with E-state index >= 15 is 4.39 Å². The van der Waals surface area contributed by atoms with E-state index in [0.29, 0.717) is 18.7 Å². The van der Waals surface area contributed by atoms with Gasteiger partial charge in [-0.1, -0.05) is 71.9 Å². The Morgan fingerprint density at radius 1 is 1.06 bits per heavy atom. The summed E-state index contributed by atoms with van der Waals surface area (Å²) in [6, 6.07) is 17.7. The minimum Gasteiger partial charge on any atom is -0.481 e. The second kappa shape index (κ2) is 9.35. The van der Waals surface area contributed by atoms with Gasteiger partial charge in [0.25, 0.3) is 5.89 Å². The van der Waals surface area contributed by atoms with Gasteiger partial charge in [0, 0.05) is 18.0 Å². The highest BCUT2D eigenvalue weighted by atomic mass is 19.1. The summed E-state index contributed by atoms with van der Waals surface area (Å²) < 4.78 is 20.8. The molecule has 0 saturated carbocycles. The Labute approximate surface area is 197 Å². The fraction of sp³-hybridized carbons (Fsp3) is 0.296. The summed E-state index contributed by atoms with van der Waals surface area (Å²) in [6.45, 7) is 2.31. The number of carboxylic acid groups (broad SMARTS) is 1. The second-order valence-corrected chi connectivity index (χ2v) is 8.93. The van der Waals surface area contributed by atoms with E-state index in [1.807, 2.05) is 66.7 Å². The number of benzene rings is 2. The van der Waals surface area contributed by atoms with Crippen molar-refractivity contribution in [3.05, 3.63) is 95.9 Å². The SMILES string of the molecule is O=C(O)C1CCN(Cc2ccc(-c3noc(C4(F)C=CC(c5ccccc5)C=C4)n3)cc2)CC1. The minimum absolute atomic E-state index is 0.00919. The first-order valence-corrected chi connectivity index (χ1v) is 11.5. The van der Waals surface area contributed by atoms with Crippen LogP contribution in [-0.2, 0) is 17.0 Å². The number of likely N-dealkylation sites (tertiary alicyclic amines) is 1. The predicted octanol–water partition coefficient (Wildman–Crippen LogP) is 5.11. The summed E-state index contributed by atoms with van der Waals surface area (Å²) in [6.07, 6.45) is 7.93. The first kappa shape index (κ1) is 22.2. The number of aliphatic carboxylic acids is 1. The molecule has 174 valence electrons. The molecule has 2 aliphatic rings. The molecule has 34 heavy (non-hydrogen) atoms. The van der Waals surface area contributed by atoms with Crippen LogP contribution in [-0.4, -0.2) is 39.2 Å². The lowest BCUT2D eigenvalue weighted by Crippen LogP contribution is -2.35. The average Bonchev–Trinajstić information content (AvgIpc) is 3.37. The van der Waals surface area contributed by atoms with Gasteiger partial charge in [-0.15, -0.1) is 0 Å². The Morgan fingerprint density at radius 3 is 2.38 bits per heavy atom. The molecule has 1 aromatic heterocycles. The average molecular weight is 460 g/mol. The highest BCUT2D eigenvalue weighted by Gasteiger charge is 2.35. The molecular formula is C27H26FN3O3. The molecule has 1 aliphatic carbocycles. The summed E-state index contributed by atoms with van der Waals surface area (Å²) in [7, 11) is 0. The van der Waals surface area contributed by atoms with E-state index in [1.54, 1.807) is 0 Å². The van der Waals surface area contributed by atoms with Crippen molar-refractivity contribution in [2.24, 2.45) is 5.92 Å². The van der Waals surface area contributed by atoms with Crippen LogP contribution in [0, 0.1) is 5.92 Å². The van der Waals surface area contributed by atoms with E-state index in [-0.39, 0.29) is 17.7 Å². The van der Waals surface area contributed by atoms with Crippen LogP contribution >= 0.6 is 0 Å². The van der Waals surface area contributed by atoms with Crippen molar-refractivity contribution >= 4 is 5.97 Å². The van der Waals surface area contributed by atoms with E-state index in [0.717, 1.165) is 36.3 Å². The van der Waals surface area contributed by atoms with Gasteiger partial charge in [0.1, 0.15) is 0 Å². The van der Waals surface area contributed by atoms with Gasteiger partial charge in [-0.2, -0.15) is 4.98 Å². The fourth-order valence-electron chi connectivity index (χ4n) is 4.50. The van der Waals surface area contributed by atoms with Crippen molar-refractivity contribution in [1.82, 2.24) is 15.0 Å². The number of nitrogens with zero attached hydrogens (tertiary/aromatic N) is 3. The molecule has 2 heterocycles. The van der Waals surface area contributed by atoms with E-state index in [1.165, 1.54) is 12.2 Å². The number of alkyl halides is 1. The maximum absolute atomic E-state index is 15.5. The molecular weight excluding hydrogens is 433 g/mol. The van der Waals surface area contributed by atoms with E-state index < -0.39 is 11.6 Å². The van der Waals surface area contributed by atoms with Crippen LogP contribution < -0.4 is 0 Å². The predicted molar refractivity (Wildman–Crippen MR) is 126 cm³/mol. The number of rotatable bonds is 6. The van der Waals surface area contributed by atoms with Crippen molar-refractivity contribution in [3.8, 4) is 11.4 Å². The van der Waals surface area contributed by atoms with Crippen LogP contribution in [0.3, 0.4) is 0 Å². The molecule has 0 amide bonds. The number of carbonyl (C=O) groups is 1. The lowest BCUT2D eigenvalue weighted by Gasteiger charge is -2.30. The fourth-order valence-corrected chi connectivity index (χ4v) is 4.50. The minimum atomic E-state index is -1.93. The zero-order valence-corrected chi connectivity index (χ0v) is 18.7. The first-order valence-electron chi connectivity index (χ1n) is 11.5. The number of carboxylic acids is 1. The molecule has 1 aliphatic heterocycles. The van der Waals surface area contributed by atoms with Crippen molar-refractivity contribution in [2.75, 3.05) is 13.1 Å². The Kier molecular flexibility index (Phi) is 6.11. The summed E-state index contributed by atoms with van der Waals surface area (Å²) >= 11 is 0. The Morgan fingerprint density at radius 2 is 1.74 bits per heavy atom. The highest BCUT2D eigenvalue weighted by molar-refractivity contribution is 5.70. The van der Waals surface area contributed by atoms with Crippen LogP contribution in [0.5, 0.6) is 0 Å². The third-order valence-corrected chi connectivity index (χ3v) is 6.59. The van der Waals surface area contributed by atoms with Crippen LogP contribution in [0.2, 0.25) is 0 Å². The molecule has 0 spiro atoms. The standard InChI is InChI=1S/C27H26FN3O3/c28-27(14-10-21(11-15-27)20-4-2-1-3-5-20)26-29-24(30-34-26)22-8-6-19(7-9-22)18-31-16-12-23(13-17-31)25(32)33/h1-11,14-15,21,23H,12-13,16-18H2,(H,32,33). The third-order valence-electron chi connectivity index (χ3n) is 6.59. The van der Waals surface area contributed by atoms with Crippen LogP contribution in [0.15, 0.2) is 83.4 Å². The van der Waals surface area contributed by atoms with Crippen LogP contribution in [0.1, 0.15) is 35.8 Å². The molecule has 3 aromatic rings. The molecule has 0 radical (unpaired) electrons. The van der Waals surface area contributed by atoms with Gasteiger partial charge in [-0.05, 0) is 49.2 Å². The van der Waals surface area contributed by atoms with Gasteiger partial charge in [-0.3, -0.25) is 9.69 Å². The summed E-state index contributed by atoms with van der Waals surface area (Å²) in [4.78, 5) is 17.7. The normalized spacial score (nSPS) is 23.3. The zero-order chi connectivity index (χ0) is 23.5. The molecule has 0 unspecified atom stereocenters. The van der Waals surface area contributed by atoms with Crippen molar-refractivity contribution in [1.29, 1.82) is 0 Å². The van der Waals surface area contributed by atoms with E-state index in [4.69, 9.17) is 9.63 Å². The first-order chi connectivity index (χ1) is 16.5. The molecule has 6 nitrogen and oxygen atoms in total. The Balaban J connectivity index is 1.23. The smallest absolute Gasteiger partial charge is 0.306 e. The quantitative estimate of drug-likeness (QED) is 0.516. The van der Waals surface area contributed by atoms with Gasteiger partial charge < -0.3 is 9.63 Å². The summed E-state index contributed by atoms with van der Waals surface area (Å²) in [5.74, 6) is -0.675. The third kappa shape index (κ3) is 4.70. The van der Waals surface area contributed by atoms with Crippen LogP contribution in [0.25, 0.3) is 11.4 Å². The van der Waals surface area contributed by atoms with E-state index in [9.17, 15) is 4.79 Å². The topological polar surface area (TPSA) is 79.5 Å². The molecule has 5 rings (SSSR count). The van der Waals surface area contributed by atoms with Crippen molar-refractivity contribution in [3.63, 3.8) is 0 Å². The number of aromatic nitrogens is 2. The molecule has 1 N–H and O–H groups in total. The Bertz CT molecular complexity index is 1180. The molecule has 0 bridgehead atoms. The number of piperidine rings is 1.